The van der Waals surface area contributed by atoms with Gasteiger partial charge in [0.15, 0.2) is 0 Å². The molecule has 1 aromatic rings. The third-order valence-corrected chi connectivity index (χ3v) is 4.09. The number of hydrogen-bond donors (Lipinski definition) is 3. The number of thioether (sulfide) groups is 1. The third-order valence-electron chi connectivity index (χ3n) is 2.72. The standard InChI is InChI=1S/C13H9NO6S2/c15-8-2-1-6(3-7(8)12(19)20)4-9-11(18)14(5-10(16)17)13(21)22-9/h1-4,15H,5H2,(H,16,17)(H,19,20)/b9-4-. The third kappa shape index (κ3) is 3.26. The molecule has 9 heteroatoms. The van der Waals surface area contributed by atoms with Crippen LogP contribution in [0.3, 0.4) is 0 Å². The largest absolute Gasteiger partial charge is 0.507 e. The monoisotopic (exact) mass is 339 g/mol. The Morgan fingerprint density at radius 2 is 2.00 bits per heavy atom. The molecule has 1 saturated heterocycles. The highest BCUT2D eigenvalue weighted by Crippen LogP contribution is 2.32. The molecule has 1 aromatic carbocycles. The Hall–Kier alpha value is -2.39. The van der Waals surface area contributed by atoms with Gasteiger partial charge in [-0.25, -0.2) is 4.79 Å². The van der Waals surface area contributed by atoms with Gasteiger partial charge in [0.05, 0.1) is 4.91 Å². The number of amides is 1. The molecule has 7 nitrogen and oxygen atoms in total. The van der Waals surface area contributed by atoms with E-state index < -0.39 is 24.4 Å². The number of carboxylic acid groups (broad SMARTS) is 2. The maximum atomic E-state index is 12.1. The number of hydrogen-bond acceptors (Lipinski definition) is 6. The Kier molecular flexibility index (Phi) is 4.48. The van der Waals surface area contributed by atoms with Crippen molar-refractivity contribution in [2.24, 2.45) is 0 Å². The fourth-order valence-electron chi connectivity index (χ4n) is 1.74. The average Bonchev–Trinajstić information content (AvgIpc) is 2.68. The molecule has 0 saturated carbocycles. The maximum absolute atomic E-state index is 12.1. The van der Waals surface area contributed by atoms with Crippen LogP contribution >= 0.6 is 24.0 Å². The Balaban J connectivity index is 2.33. The van der Waals surface area contributed by atoms with Crippen LogP contribution < -0.4 is 0 Å². The molecule has 1 aliphatic heterocycles. The minimum Gasteiger partial charge on any atom is -0.507 e. The van der Waals surface area contributed by atoms with E-state index in [2.05, 4.69) is 0 Å². The molecule has 0 aromatic heterocycles. The van der Waals surface area contributed by atoms with Crippen LogP contribution in [0, 0.1) is 0 Å². The summed E-state index contributed by atoms with van der Waals surface area (Å²) >= 11 is 5.88. The molecule has 1 amide bonds. The van der Waals surface area contributed by atoms with E-state index in [0.29, 0.717) is 5.56 Å². The van der Waals surface area contributed by atoms with Gasteiger partial charge in [-0.15, -0.1) is 0 Å². The molecule has 1 heterocycles. The second-order valence-electron chi connectivity index (χ2n) is 4.24. The number of aromatic hydroxyl groups is 1. The number of nitrogens with zero attached hydrogens (tertiary/aromatic N) is 1. The molecule has 1 fully saturated rings. The van der Waals surface area contributed by atoms with Crippen LogP contribution in [0.5, 0.6) is 5.75 Å². The smallest absolute Gasteiger partial charge is 0.339 e. The quantitative estimate of drug-likeness (QED) is 0.556. The molecule has 0 radical (unpaired) electrons. The number of carbonyl (C=O) groups is 3. The van der Waals surface area contributed by atoms with Crippen molar-refractivity contribution in [3.63, 3.8) is 0 Å². The van der Waals surface area contributed by atoms with E-state index in [1.54, 1.807) is 0 Å². The number of aromatic carboxylic acids is 1. The zero-order valence-corrected chi connectivity index (χ0v) is 12.5. The fraction of sp³-hybridized carbons (Fsp3) is 0.0769. The van der Waals surface area contributed by atoms with E-state index >= 15 is 0 Å². The predicted molar refractivity (Wildman–Crippen MR) is 82.6 cm³/mol. The van der Waals surface area contributed by atoms with Crippen molar-refractivity contribution in [1.82, 2.24) is 4.90 Å². The molecule has 0 atom stereocenters. The van der Waals surface area contributed by atoms with Gasteiger partial charge in [0, 0.05) is 0 Å². The zero-order valence-electron chi connectivity index (χ0n) is 10.8. The highest BCUT2D eigenvalue weighted by Gasteiger charge is 2.33. The van der Waals surface area contributed by atoms with Gasteiger partial charge in [-0.05, 0) is 23.8 Å². The molecule has 2 rings (SSSR count). The average molecular weight is 339 g/mol. The molecule has 0 spiro atoms. The van der Waals surface area contributed by atoms with Crippen LogP contribution in [0.2, 0.25) is 0 Å². The van der Waals surface area contributed by atoms with E-state index in [4.69, 9.17) is 22.4 Å². The van der Waals surface area contributed by atoms with Gasteiger partial charge >= 0.3 is 11.9 Å². The topological polar surface area (TPSA) is 115 Å². The lowest BCUT2D eigenvalue weighted by Crippen LogP contribution is -2.33. The summed E-state index contributed by atoms with van der Waals surface area (Å²) in [4.78, 5) is 34.8. The van der Waals surface area contributed by atoms with E-state index in [-0.39, 0.29) is 20.5 Å². The van der Waals surface area contributed by atoms with E-state index in [1.807, 2.05) is 0 Å². The Bertz CT molecular complexity index is 727. The predicted octanol–water partition coefficient (Wildman–Crippen LogP) is 1.38. The van der Waals surface area contributed by atoms with Crippen molar-refractivity contribution < 1.29 is 29.7 Å². The van der Waals surface area contributed by atoms with Crippen molar-refractivity contribution in [2.45, 2.75) is 0 Å². The fourth-order valence-corrected chi connectivity index (χ4v) is 2.99. The first-order valence-electron chi connectivity index (χ1n) is 5.83. The molecule has 3 N–H and O–H groups in total. The van der Waals surface area contributed by atoms with Gasteiger partial charge in [-0.2, -0.15) is 0 Å². The molecule has 0 aliphatic carbocycles. The molecular formula is C13H9NO6S2. The van der Waals surface area contributed by atoms with Gasteiger partial charge < -0.3 is 15.3 Å². The lowest BCUT2D eigenvalue weighted by molar-refractivity contribution is -0.140. The summed E-state index contributed by atoms with van der Waals surface area (Å²) in [6.45, 7) is -0.530. The normalized spacial score (nSPS) is 16.4. The van der Waals surface area contributed by atoms with Gasteiger partial charge in [0.25, 0.3) is 5.91 Å². The van der Waals surface area contributed by atoms with E-state index in [0.717, 1.165) is 16.7 Å². The van der Waals surface area contributed by atoms with Crippen LogP contribution in [0.25, 0.3) is 6.08 Å². The number of carbonyl (C=O) groups excluding carboxylic acids is 1. The number of rotatable bonds is 4. The summed E-state index contributed by atoms with van der Waals surface area (Å²) in [5.74, 6) is -3.42. The summed E-state index contributed by atoms with van der Waals surface area (Å²) in [5.41, 5.74) is 0.0841. The number of phenols is 1. The summed E-state index contributed by atoms with van der Waals surface area (Å²) in [6, 6.07) is 3.85. The Labute approximate surface area is 133 Å². The van der Waals surface area contributed by atoms with Gasteiger partial charge in [0.1, 0.15) is 22.2 Å². The zero-order chi connectivity index (χ0) is 16.4. The molecular weight excluding hydrogens is 330 g/mol. The first kappa shape index (κ1) is 16.0. The van der Waals surface area contributed by atoms with E-state index in [1.165, 1.54) is 24.3 Å². The van der Waals surface area contributed by atoms with E-state index in [9.17, 15) is 19.5 Å². The highest BCUT2D eigenvalue weighted by atomic mass is 32.2. The minimum atomic E-state index is -1.30. The van der Waals surface area contributed by atoms with Crippen molar-refractivity contribution in [3.05, 3.63) is 34.2 Å². The molecule has 1 aliphatic rings. The van der Waals surface area contributed by atoms with Crippen molar-refractivity contribution in [1.29, 1.82) is 0 Å². The Morgan fingerprint density at radius 3 is 2.59 bits per heavy atom. The number of thiocarbonyl (C=S) groups is 1. The highest BCUT2D eigenvalue weighted by molar-refractivity contribution is 8.26. The second kappa shape index (κ2) is 6.16. The maximum Gasteiger partial charge on any atom is 0.339 e. The van der Waals surface area contributed by atoms with Crippen LogP contribution in [0.1, 0.15) is 15.9 Å². The van der Waals surface area contributed by atoms with Crippen LogP contribution in [-0.2, 0) is 9.59 Å². The summed E-state index contributed by atoms with van der Waals surface area (Å²) < 4.78 is 0.121. The van der Waals surface area contributed by atoms with Gasteiger partial charge in [-0.3, -0.25) is 14.5 Å². The van der Waals surface area contributed by atoms with Crippen molar-refractivity contribution in [2.75, 3.05) is 6.54 Å². The first-order chi connectivity index (χ1) is 10.3. The number of benzene rings is 1. The second-order valence-corrected chi connectivity index (χ2v) is 5.92. The lowest BCUT2D eigenvalue weighted by Gasteiger charge is -2.10. The van der Waals surface area contributed by atoms with Gasteiger partial charge in [-0.1, -0.05) is 30.0 Å². The van der Waals surface area contributed by atoms with Crippen LogP contribution in [0.4, 0.5) is 0 Å². The molecule has 114 valence electrons. The summed E-state index contributed by atoms with van der Waals surface area (Å²) in [7, 11) is 0. The number of aliphatic carboxylic acids is 1. The lowest BCUT2D eigenvalue weighted by atomic mass is 10.1. The summed E-state index contributed by atoms with van der Waals surface area (Å²) in [5, 5.41) is 27.1. The Morgan fingerprint density at radius 1 is 1.32 bits per heavy atom. The minimum absolute atomic E-state index is 0.121. The SMILES string of the molecule is O=C(O)CN1C(=O)/C(=C/c2ccc(O)c(C(=O)O)c2)SC1=S. The summed E-state index contributed by atoms with van der Waals surface area (Å²) in [6.07, 6.45) is 1.40. The van der Waals surface area contributed by atoms with Crippen molar-refractivity contribution in [3.8, 4) is 5.75 Å². The number of carboxylic acids is 2. The molecule has 0 bridgehead atoms. The van der Waals surface area contributed by atoms with Crippen molar-refractivity contribution >= 4 is 52.2 Å². The molecule has 22 heavy (non-hydrogen) atoms. The van der Waals surface area contributed by atoms with Gasteiger partial charge in [0.2, 0.25) is 0 Å². The van der Waals surface area contributed by atoms with Crippen LogP contribution in [-0.4, -0.2) is 48.9 Å². The first-order valence-corrected chi connectivity index (χ1v) is 7.05. The van der Waals surface area contributed by atoms with Crippen LogP contribution in [0.15, 0.2) is 23.1 Å². The molecule has 0 unspecified atom stereocenters.